The van der Waals surface area contributed by atoms with E-state index in [2.05, 4.69) is 18.2 Å². The van der Waals surface area contributed by atoms with E-state index in [0.29, 0.717) is 0 Å². The molecule has 0 bridgehead atoms. The predicted molar refractivity (Wildman–Crippen MR) is 96.4 cm³/mol. The van der Waals surface area contributed by atoms with Crippen molar-refractivity contribution in [2.75, 3.05) is 0 Å². The van der Waals surface area contributed by atoms with Crippen LogP contribution < -0.4 is 0 Å². The van der Waals surface area contributed by atoms with E-state index in [0.717, 1.165) is 27.8 Å². The highest BCUT2D eigenvalue weighted by atomic mass is 16.1. The van der Waals surface area contributed by atoms with Gasteiger partial charge in [0.05, 0.1) is 0 Å². The third-order valence-electron chi connectivity index (χ3n) is 3.91. The molecule has 112 valence electrons. The van der Waals surface area contributed by atoms with Gasteiger partial charge in [0.1, 0.15) is 0 Å². The standard InChI is InChI=1S/C22H18O/c1-17-20(19-11-6-3-7-12-19)13-8-14-21(17)22(23)16-15-18-9-4-2-5-10-18/h2-16H,1H3. The molecular formula is C22H18O. The molecule has 0 fully saturated rings. The van der Waals surface area contributed by atoms with Crippen molar-refractivity contribution in [3.63, 3.8) is 0 Å². The van der Waals surface area contributed by atoms with E-state index in [1.54, 1.807) is 6.08 Å². The third kappa shape index (κ3) is 3.46. The summed E-state index contributed by atoms with van der Waals surface area (Å²) in [7, 11) is 0. The van der Waals surface area contributed by atoms with Crippen LogP contribution in [0.3, 0.4) is 0 Å². The van der Waals surface area contributed by atoms with Crippen molar-refractivity contribution in [2.24, 2.45) is 0 Å². The lowest BCUT2D eigenvalue weighted by Crippen LogP contribution is -1.99. The first-order valence-corrected chi connectivity index (χ1v) is 7.68. The smallest absolute Gasteiger partial charge is 0.186 e. The normalized spacial score (nSPS) is 10.8. The van der Waals surface area contributed by atoms with E-state index in [-0.39, 0.29) is 5.78 Å². The Balaban J connectivity index is 1.92. The molecule has 1 nitrogen and oxygen atoms in total. The largest absolute Gasteiger partial charge is 0.289 e. The van der Waals surface area contributed by atoms with E-state index in [9.17, 15) is 4.79 Å². The second kappa shape index (κ2) is 6.89. The summed E-state index contributed by atoms with van der Waals surface area (Å²) in [6.07, 6.45) is 3.50. The Bertz CT molecular complexity index is 830. The Morgan fingerprint density at radius 3 is 2.13 bits per heavy atom. The topological polar surface area (TPSA) is 17.1 Å². The maximum absolute atomic E-state index is 12.5. The summed E-state index contributed by atoms with van der Waals surface area (Å²) in [4.78, 5) is 12.5. The number of ketones is 1. The molecule has 0 heterocycles. The first-order chi connectivity index (χ1) is 11.3. The van der Waals surface area contributed by atoms with Crippen molar-refractivity contribution in [2.45, 2.75) is 6.92 Å². The average molecular weight is 298 g/mol. The number of hydrogen-bond acceptors (Lipinski definition) is 1. The SMILES string of the molecule is Cc1c(C(=O)C=Cc2ccccc2)cccc1-c1ccccc1. The van der Waals surface area contributed by atoms with Gasteiger partial charge in [0.2, 0.25) is 0 Å². The van der Waals surface area contributed by atoms with Gasteiger partial charge in [-0.25, -0.2) is 0 Å². The van der Waals surface area contributed by atoms with Gasteiger partial charge < -0.3 is 0 Å². The van der Waals surface area contributed by atoms with Gasteiger partial charge in [-0.2, -0.15) is 0 Å². The first-order valence-electron chi connectivity index (χ1n) is 7.68. The highest BCUT2D eigenvalue weighted by Gasteiger charge is 2.10. The first kappa shape index (κ1) is 15.0. The van der Waals surface area contributed by atoms with E-state index in [1.807, 2.05) is 73.7 Å². The molecule has 0 radical (unpaired) electrons. The lowest BCUT2D eigenvalue weighted by Gasteiger charge is -2.09. The number of benzene rings is 3. The molecule has 0 aliphatic carbocycles. The van der Waals surface area contributed by atoms with Gasteiger partial charge >= 0.3 is 0 Å². The van der Waals surface area contributed by atoms with Crippen LogP contribution in [0.4, 0.5) is 0 Å². The summed E-state index contributed by atoms with van der Waals surface area (Å²) in [5, 5.41) is 0. The summed E-state index contributed by atoms with van der Waals surface area (Å²) in [5.41, 5.74) is 5.02. The summed E-state index contributed by atoms with van der Waals surface area (Å²) < 4.78 is 0. The second-order valence-corrected chi connectivity index (χ2v) is 5.45. The Hall–Kier alpha value is -2.93. The molecule has 0 saturated carbocycles. The zero-order valence-corrected chi connectivity index (χ0v) is 13.1. The summed E-state index contributed by atoms with van der Waals surface area (Å²) in [6.45, 7) is 2.01. The Morgan fingerprint density at radius 1 is 0.783 bits per heavy atom. The lowest BCUT2D eigenvalue weighted by atomic mass is 9.94. The Kier molecular flexibility index (Phi) is 4.49. The minimum absolute atomic E-state index is 0.0316. The van der Waals surface area contributed by atoms with Crippen molar-refractivity contribution in [3.05, 3.63) is 102 Å². The Morgan fingerprint density at radius 2 is 1.43 bits per heavy atom. The molecular weight excluding hydrogens is 280 g/mol. The fourth-order valence-electron chi connectivity index (χ4n) is 2.66. The van der Waals surface area contributed by atoms with E-state index in [1.165, 1.54) is 0 Å². The van der Waals surface area contributed by atoms with Crippen LogP contribution in [0.5, 0.6) is 0 Å². The molecule has 0 saturated heterocycles. The molecule has 0 atom stereocenters. The molecule has 0 unspecified atom stereocenters. The molecule has 1 heteroatoms. The van der Waals surface area contributed by atoms with Gasteiger partial charge in [0, 0.05) is 5.56 Å². The monoisotopic (exact) mass is 298 g/mol. The highest BCUT2D eigenvalue weighted by molar-refractivity contribution is 6.08. The van der Waals surface area contributed by atoms with Gasteiger partial charge in [-0.3, -0.25) is 4.79 Å². The maximum Gasteiger partial charge on any atom is 0.186 e. The van der Waals surface area contributed by atoms with Gasteiger partial charge in [-0.15, -0.1) is 0 Å². The minimum atomic E-state index is 0.0316. The van der Waals surface area contributed by atoms with E-state index >= 15 is 0 Å². The molecule has 0 aromatic heterocycles. The average Bonchev–Trinajstić information content (AvgIpc) is 2.61. The van der Waals surface area contributed by atoms with Crippen LogP contribution in [0.2, 0.25) is 0 Å². The number of carbonyl (C=O) groups excluding carboxylic acids is 1. The lowest BCUT2D eigenvalue weighted by molar-refractivity contribution is 0.104. The summed E-state index contributed by atoms with van der Waals surface area (Å²) in [6, 6.07) is 25.9. The van der Waals surface area contributed by atoms with Crippen LogP contribution in [-0.2, 0) is 0 Å². The van der Waals surface area contributed by atoms with E-state index in [4.69, 9.17) is 0 Å². The van der Waals surface area contributed by atoms with Crippen LogP contribution in [-0.4, -0.2) is 5.78 Å². The van der Waals surface area contributed by atoms with Crippen LogP contribution in [0.25, 0.3) is 17.2 Å². The van der Waals surface area contributed by atoms with Crippen molar-refractivity contribution in [1.82, 2.24) is 0 Å². The molecule has 0 spiro atoms. The molecule has 3 rings (SSSR count). The molecule has 3 aromatic rings. The van der Waals surface area contributed by atoms with Gasteiger partial charge in [-0.1, -0.05) is 84.9 Å². The summed E-state index contributed by atoms with van der Waals surface area (Å²) in [5.74, 6) is 0.0316. The van der Waals surface area contributed by atoms with Crippen molar-refractivity contribution in [3.8, 4) is 11.1 Å². The van der Waals surface area contributed by atoms with Gasteiger partial charge in [0.15, 0.2) is 5.78 Å². The molecule has 23 heavy (non-hydrogen) atoms. The van der Waals surface area contributed by atoms with Crippen molar-refractivity contribution in [1.29, 1.82) is 0 Å². The number of allylic oxidation sites excluding steroid dienone is 1. The fourth-order valence-corrected chi connectivity index (χ4v) is 2.66. The van der Waals surface area contributed by atoms with Crippen LogP contribution in [0.15, 0.2) is 84.9 Å². The van der Waals surface area contributed by atoms with Crippen LogP contribution >= 0.6 is 0 Å². The maximum atomic E-state index is 12.5. The van der Waals surface area contributed by atoms with Crippen molar-refractivity contribution < 1.29 is 4.79 Å². The number of carbonyl (C=O) groups is 1. The summed E-state index contributed by atoms with van der Waals surface area (Å²) >= 11 is 0. The Labute approximate surface area is 136 Å². The van der Waals surface area contributed by atoms with Gasteiger partial charge in [0.25, 0.3) is 0 Å². The van der Waals surface area contributed by atoms with Crippen LogP contribution in [0, 0.1) is 6.92 Å². The molecule has 0 amide bonds. The predicted octanol–water partition coefficient (Wildman–Crippen LogP) is 5.56. The third-order valence-corrected chi connectivity index (χ3v) is 3.91. The molecule has 0 aliphatic rings. The number of rotatable bonds is 4. The highest BCUT2D eigenvalue weighted by Crippen LogP contribution is 2.26. The molecule has 3 aromatic carbocycles. The molecule has 0 aliphatic heterocycles. The van der Waals surface area contributed by atoms with E-state index < -0.39 is 0 Å². The fraction of sp³-hybridized carbons (Fsp3) is 0.0455. The molecule has 0 N–H and O–H groups in total. The quantitative estimate of drug-likeness (QED) is 0.455. The second-order valence-electron chi connectivity index (χ2n) is 5.45. The van der Waals surface area contributed by atoms with Crippen molar-refractivity contribution >= 4 is 11.9 Å². The van der Waals surface area contributed by atoms with Crippen LogP contribution in [0.1, 0.15) is 21.5 Å². The minimum Gasteiger partial charge on any atom is -0.289 e. The zero-order valence-electron chi connectivity index (χ0n) is 13.1. The van der Waals surface area contributed by atoms with Gasteiger partial charge in [-0.05, 0) is 35.3 Å². The number of hydrogen-bond donors (Lipinski definition) is 0. The zero-order chi connectivity index (χ0) is 16.1.